The van der Waals surface area contributed by atoms with Crippen molar-refractivity contribution in [2.75, 3.05) is 0 Å². The molecule has 0 aliphatic heterocycles. The van der Waals surface area contributed by atoms with Gasteiger partial charge in [0.05, 0.1) is 0 Å². The number of rotatable bonds is 9. The molecule has 3 aromatic rings. The van der Waals surface area contributed by atoms with E-state index in [0.29, 0.717) is 29.6 Å². The fourth-order valence-electron chi connectivity index (χ4n) is 6.82. The predicted molar refractivity (Wildman–Crippen MR) is 161 cm³/mol. The van der Waals surface area contributed by atoms with Crippen molar-refractivity contribution in [3.8, 4) is 0 Å². The van der Waals surface area contributed by atoms with Gasteiger partial charge in [-0.3, -0.25) is 0 Å². The molecule has 0 heterocycles. The summed E-state index contributed by atoms with van der Waals surface area (Å²) < 4.78 is 0. The summed E-state index contributed by atoms with van der Waals surface area (Å²) in [7, 11) is 0. The molecule has 0 saturated heterocycles. The van der Waals surface area contributed by atoms with E-state index in [1.54, 1.807) is 38.8 Å². The first-order valence-electron chi connectivity index (χ1n) is 14.7. The minimum Gasteiger partial charge on any atom is -0.164 e. The SMILES string of the molecule is CCC1=Cc2c(C(C)C)ccc(C(C)C)c2C1CC[c-]1c(CC)cc2c(C(C)C)ccc(C(C)C)c21.[Hf]. The van der Waals surface area contributed by atoms with E-state index in [4.69, 9.17) is 0 Å². The minimum atomic E-state index is 0. The van der Waals surface area contributed by atoms with Crippen LogP contribution in [0.25, 0.3) is 16.8 Å². The fraction of sp³-hybridized carbons (Fsp3) is 0.528. The average Bonchev–Trinajstić information content (AvgIpc) is 3.38. The van der Waals surface area contributed by atoms with Crippen LogP contribution in [0.2, 0.25) is 0 Å². The molecule has 0 spiro atoms. The molecule has 0 amide bonds. The summed E-state index contributed by atoms with van der Waals surface area (Å²) in [4.78, 5) is 0. The molecule has 1 aliphatic rings. The van der Waals surface area contributed by atoms with Crippen molar-refractivity contribution in [3.63, 3.8) is 0 Å². The van der Waals surface area contributed by atoms with Crippen molar-refractivity contribution < 1.29 is 25.8 Å². The van der Waals surface area contributed by atoms with Gasteiger partial charge in [-0.05, 0) is 59.3 Å². The molecular weight excluding hydrogens is 611 g/mol. The number of allylic oxidation sites excluding steroid dienone is 1. The summed E-state index contributed by atoms with van der Waals surface area (Å²) in [5, 5.41) is 3.10. The molecule has 3 aromatic carbocycles. The molecule has 0 radical (unpaired) electrons. The van der Waals surface area contributed by atoms with Crippen LogP contribution in [0.15, 0.2) is 35.9 Å². The molecular formula is C36H49Hf-. The molecule has 198 valence electrons. The molecule has 1 aliphatic carbocycles. The Labute approximate surface area is 246 Å². The van der Waals surface area contributed by atoms with Gasteiger partial charge in [-0.2, -0.15) is 6.07 Å². The molecule has 0 fully saturated rings. The van der Waals surface area contributed by atoms with Crippen LogP contribution >= 0.6 is 0 Å². The van der Waals surface area contributed by atoms with Gasteiger partial charge >= 0.3 is 0 Å². The zero-order valence-electron chi connectivity index (χ0n) is 25.2. The van der Waals surface area contributed by atoms with Gasteiger partial charge in [0, 0.05) is 31.8 Å². The Morgan fingerprint density at radius 2 is 1.24 bits per heavy atom. The van der Waals surface area contributed by atoms with Gasteiger partial charge in [0.2, 0.25) is 0 Å². The third kappa shape index (κ3) is 5.54. The molecule has 0 N–H and O–H groups in total. The number of hydrogen-bond acceptors (Lipinski definition) is 0. The Morgan fingerprint density at radius 1 is 0.703 bits per heavy atom. The van der Waals surface area contributed by atoms with Crippen LogP contribution in [0.5, 0.6) is 0 Å². The van der Waals surface area contributed by atoms with E-state index in [9.17, 15) is 0 Å². The summed E-state index contributed by atoms with van der Waals surface area (Å²) in [6, 6.07) is 12.2. The molecule has 0 bridgehead atoms. The predicted octanol–water partition coefficient (Wildman–Crippen LogP) is 11.1. The van der Waals surface area contributed by atoms with Gasteiger partial charge in [0.25, 0.3) is 0 Å². The van der Waals surface area contributed by atoms with E-state index in [-0.39, 0.29) is 25.8 Å². The smallest absolute Gasteiger partial charge is 0.00560 e. The summed E-state index contributed by atoms with van der Waals surface area (Å²) in [6.07, 6.45) is 7.21. The van der Waals surface area contributed by atoms with E-state index >= 15 is 0 Å². The molecule has 1 atom stereocenters. The maximum atomic E-state index is 2.57. The Bertz CT molecular complexity index is 1260. The third-order valence-electron chi connectivity index (χ3n) is 8.76. The van der Waals surface area contributed by atoms with Crippen LogP contribution < -0.4 is 0 Å². The van der Waals surface area contributed by atoms with Crippen LogP contribution in [-0.2, 0) is 38.7 Å². The van der Waals surface area contributed by atoms with Gasteiger partial charge < -0.3 is 0 Å². The largest absolute Gasteiger partial charge is 0.164 e. The zero-order valence-corrected chi connectivity index (χ0v) is 28.8. The molecule has 0 aromatic heterocycles. The maximum absolute atomic E-state index is 2.57. The zero-order chi connectivity index (χ0) is 26.3. The molecule has 1 heteroatoms. The standard InChI is InChI=1S/C36H49.Hf/c1-11-25-19-33-27(21(3)4)13-15-29(23(7)8)35(33)31(25)17-18-32-26(12-2)20-34-28(22(5)6)14-16-30(24(9)10)36(32)34;/h13-16,19-24,31H,11-12,17-18H2,1-10H3;/q-1;. The number of aryl methyl sites for hydroxylation is 2. The summed E-state index contributed by atoms with van der Waals surface area (Å²) in [6.45, 7) is 23.5. The van der Waals surface area contributed by atoms with E-state index in [1.807, 2.05) is 0 Å². The van der Waals surface area contributed by atoms with E-state index < -0.39 is 0 Å². The van der Waals surface area contributed by atoms with Gasteiger partial charge in [-0.1, -0.05) is 117 Å². The monoisotopic (exact) mass is 661 g/mol. The Hall–Kier alpha value is -1.34. The fourth-order valence-corrected chi connectivity index (χ4v) is 6.82. The summed E-state index contributed by atoms with van der Waals surface area (Å²) in [5.74, 6) is 2.75. The van der Waals surface area contributed by atoms with Crippen LogP contribution in [0.3, 0.4) is 0 Å². The van der Waals surface area contributed by atoms with Crippen LogP contribution in [-0.4, -0.2) is 0 Å². The van der Waals surface area contributed by atoms with Crippen molar-refractivity contribution in [2.45, 2.75) is 125 Å². The summed E-state index contributed by atoms with van der Waals surface area (Å²) >= 11 is 0. The van der Waals surface area contributed by atoms with Crippen molar-refractivity contribution >= 4 is 16.8 Å². The topological polar surface area (TPSA) is 0 Å². The summed E-state index contributed by atoms with van der Waals surface area (Å²) in [5.41, 5.74) is 14.2. The molecule has 0 saturated carbocycles. The molecule has 37 heavy (non-hydrogen) atoms. The Morgan fingerprint density at radius 3 is 1.78 bits per heavy atom. The van der Waals surface area contributed by atoms with Crippen molar-refractivity contribution in [2.24, 2.45) is 0 Å². The maximum Gasteiger partial charge on any atom is 0.00560 e. The minimum absolute atomic E-state index is 0. The molecule has 4 rings (SSSR count). The molecule has 1 unspecified atom stereocenters. The Kier molecular flexibility index (Phi) is 9.99. The van der Waals surface area contributed by atoms with Crippen LogP contribution in [0, 0.1) is 0 Å². The number of hydrogen-bond donors (Lipinski definition) is 0. The molecule has 0 nitrogen and oxygen atoms in total. The number of fused-ring (bicyclic) bond motifs is 2. The Balaban J connectivity index is 0.00000380. The van der Waals surface area contributed by atoms with Gasteiger partial charge in [-0.15, -0.1) is 33.5 Å². The first-order valence-corrected chi connectivity index (χ1v) is 14.7. The number of benzene rings is 2. The van der Waals surface area contributed by atoms with Gasteiger partial charge in [0.1, 0.15) is 0 Å². The first kappa shape index (κ1) is 30.2. The van der Waals surface area contributed by atoms with Crippen molar-refractivity contribution in [1.29, 1.82) is 0 Å². The average molecular weight is 660 g/mol. The van der Waals surface area contributed by atoms with E-state index in [2.05, 4.69) is 106 Å². The second-order valence-electron chi connectivity index (χ2n) is 12.4. The van der Waals surface area contributed by atoms with Gasteiger partial charge in [0.15, 0.2) is 0 Å². The van der Waals surface area contributed by atoms with Crippen molar-refractivity contribution in [3.05, 3.63) is 80.4 Å². The van der Waals surface area contributed by atoms with E-state index in [0.717, 1.165) is 12.8 Å². The quantitative estimate of drug-likeness (QED) is 0.158. The van der Waals surface area contributed by atoms with Gasteiger partial charge in [-0.25, -0.2) is 0 Å². The third-order valence-corrected chi connectivity index (χ3v) is 8.76. The van der Waals surface area contributed by atoms with Crippen LogP contribution in [0.4, 0.5) is 0 Å². The van der Waals surface area contributed by atoms with Crippen molar-refractivity contribution in [1.82, 2.24) is 0 Å². The first-order chi connectivity index (χ1) is 17.1. The normalized spacial score (nSPS) is 15.3. The second kappa shape index (κ2) is 12.2. The second-order valence-corrected chi connectivity index (χ2v) is 12.4. The van der Waals surface area contributed by atoms with Crippen LogP contribution in [0.1, 0.15) is 156 Å². The van der Waals surface area contributed by atoms with E-state index in [1.165, 1.54) is 34.9 Å².